The summed E-state index contributed by atoms with van der Waals surface area (Å²) in [7, 11) is 0. The predicted molar refractivity (Wildman–Crippen MR) is 191 cm³/mol. The monoisotopic (exact) mass is 593 g/mol. The molecular formula is C40H80O2. The normalized spacial score (nSPS) is 15.5. The first kappa shape index (κ1) is 43.5. The first-order valence-corrected chi connectivity index (χ1v) is 18.4. The zero-order valence-corrected chi connectivity index (χ0v) is 30.7. The Morgan fingerprint density at radius 2 is 0.643 bits per heavy atom. The fraction of sp³-hybridized carbons (Fsp3) is 0.900. The molecule has 2 N–H and O–H groups in total. The summed E-state index contributed by atoms with van der Waals surface area (Å²) in [6.07, 6.45) is 28.2. The fourth-order valence-corrected chi connectivity index (χ4v) is 5.93. The van der Waals surface area contributed by atoms with Gasteiger partial charge < -0.3 is 10.2 Å². The second-order valence-corrected chi connectivity index (χ2v) is 15.2. The van der Waals surface area contributed by atoms with E-state index in [1.165, 1.54) is 114 Å². The van der Waals surface area contributed by atoms with Crippen molar-refractivity contribution in [3.8, 4) is 0 Å². The highest BCUT2D eigenvalue weighted by Gasteiger charge is 2.08. The lowest BCUT2D eigenvalue weighted by atomic mass is 9.91. The van der Waals surface area contributed by atoms with Crippen molar-refractivity contribution in [2.45, 2.75) is 185 Å². The SMILES string of the molecule is C/C(=C\CO)CCC[C@H](C)CCC[C@H](C)CCCC(C)C.CC(=CCO)CCCC(C)CCCC(C)CCCC(C)C. The minimum Gasteiger partial charge on any atom is -0.392 e. The van der Waals surface area contributed by atoms with Gasteiger partial charge in [-0.2, -0.15) is 0 Å². The van der Waals surface area contributed by atoms with Crippen LogP contribution >= 0.6 is 0 Å². The molecule has 0 aromatic carbocycles. The van der Waals surface area contributed by atoms with Crippen LogP contribution in [-0.2, 0) is 0 Å². The van der Waals surface area contributed by atoms with Crippen molar-refractivity contribution >= 4 is 0 Å². The average molecular weight is 593 g/mol. The van der Waals surface area contributed by atoms with E-state index in [4.69, 9.17) is 10.2 Å². The molecule has 252 valence electrons. The Kier molecular flexibility index (Phi) is 31.5. The Labute approximate surface area is 266 Å². The molecule has 2 unspecified atom stereocenters. The Hall–Kier alpha value is -0.600. The second kappa shape index (κ2) is 30.4. The second-order valence-electron chi connectivity index (χ2n) is 15.2. The Balaban J connectivity index is 0. The zero-order chi connectivity index (χ0) is 32.2. The maximum atomic E-state index is 8.83. The largest absolute Gasteiger partial charge is 0.392 e. The molecule has 0 bridgehead atoms. The summed E-state index contributed by atoms with van der Waals surface area (Å²) in [5.41, 5.74) is 2.67. The summed E-state index contributed by atoms with van der Waals surface area (Å²) in [5, 5.41) is 17.7. The maximum absolute atomic E-state index is 8.83. The molecule has 2 heteroatoms. The molecule has 4 atom stereocenters. The van der Waals surface area contributed by atoms with Crippen molar-refractivity contribution in [3.05, 3.63) is 23.3 Å². The van der Waals surface area contributed by atoms with Crippen molar-refractivity contribution in [1.82, 2.24) is 0 Å². The molecule has 0 aliphatic carbocycles. The van der Waals surface area contributed by atoms with Crippen molar-refractivity contribution in [1.29, 1.82) is 0 Å². The predicted octanol–water partition coefficient (Wildman–Crippen LogP) is 12.7. The van der Waals surface area contributed by atoms with Gasteiger partial charge in [0, 0.05) is 0 Å². The number of allylic oxidation sites excluding steroid dienone is 2. The standard InChI is InChI=1S/2C20H40O/c2*1-17(2)9-6-10-18(3)11-7-12-19(4)13-8-14-20(5)15-16-21/h2*15,17-19,21H,6-14,16H2,1-5H3/b20-15+;/t18-,19-;/m1./s1. The fourth-order valence-electron chi connectivity index (χ4n) is 5.93. The van der Waals surface area contributed by atoms with Gasteiger partial charge in [0.2, 0.25) is 0 Å². The summed E-state index contributed by atoms with van der Waals surface area (Å²) in [5.74, 6) is 5.25. The number of hydrogen-bond donors (Lipinski definition) is 2. The van der Waals surface area contributed by atoms with E-state index in [9.17, 15) is 0 Å². The zero-order valence-electron chi connectivity index (χ0n) is 30.7. The van der Waals surface area contributed by atoms with Gasteiger partial charge in [0.25, 0.3) is 0 Å². The highest BCUT2D eigenvalue weighted by Crippen LogP contribution is 2.23. The van der Waals surface area contributed by atoms with Crippen molar-refractivity contribution in [2.24, 2.45) is 35.5 Å². The van der Waals surface area contributed by atoms with Crippen LogP contribution in [0.2, 0.25) is 0 Å². The van der Waals surface area contributed by atoms with E-state index >= 15 is 0 Å². The molecule has 0 heterocycles. The van der Waals surface area contributed by atoms with Gasteiger partial charge in [-0.3, -0.25) is 0 Å². The quantitative estimate of drug-likeness (QED) is 0.0981. The average Bonchev–Trinajstić information content (AvgIpc) is 2.89. The third kappa shape index (κ3) is 33.9. The van der Waals surface area contributed by atoms with Gasteiger partial charge in [-0.25, -0.2) is 0 Å². The molecule has 2 nitrogen and oxygen atoms in total. The number of rotatable bonds is 26. The molecule has 0 rings (SSSR count). The molecule has 0 aromatic heterocycles. The van der Waals surface area contributed by atoms with Crippen LogP contribution in [0.3, 0.4) is 0 Å². The van der Waals surface area contributed by atoms with Crippen LogP contribution in [0.15, 0.2) is 23.3 Å². The Morgan fingerprint density at radius 3 is 0.881 bits per heavy atom. The van der Waals surface area contributed by atoms with Crippen LogP contribution in [0.5, 0.6) is 0 Å². The molecule has 42 heavy (non-hydrogen) atoms. The van der Waals surface area contributed by atoms with Gasteiger partial charge in [-0.1, -0.05) is 169 Å². The van der Waals surface area contributed by atoms with E-state index < -0.39 is 0 Å². The third-order valence-electron chi connectivity index (χ3n) is 9.16. The topological polar surface area (TPSA) is 40.5 Å². The van der Waals surface area contributed by atoms with Crippen molar-refractivity contribution in [2.75, 3.05) is 13.2 Å². The smallest absolute Gasteiger partial charge is 0.0614 e. The molecule has 0 radical (unpaired) electrons. The molecular weight excluding hydrogens is 512 g/mol. The summed E-state index contributed by atoms with van der Waals surface area (Å²) < 4.78 is 0. The highest BCUT2D eigenvalue weighted by atomic mass is 16.3. The lowest BCUT2D eigenvalue weighted by Gasteiger charge is -2.15. The van der Waals surface area contributed by atoms with Crippen molar-refractivity contribution < 1.29 is 10.2 Å². The molecule has 0 aliphatic heterocycles. The van der Waals surface area contributed by atoms with Crippen molar-refractivity contribution in [3.63, 3.8) is 0 Å². The van der Waals surface area contributed by atoms with E-state index in [-0.39, 0.29) is 13.2 Å². The number of aliphatic hydroxyl groups is 2. The van der Waals surface area contributed by atoms with Gasteiger partial charge in [0.15, 0.2) is 0 Å². The molecule has 0 saturated carbocycles. The van der Waals surface area contributed by atoms with E-state index in [2.05, 4.69) is 69.2 Å². The molecule has 0 aliphatic rings. The highest BCUT2D eigenvalue weighted by molar-refractivity contribution is 4.98. The van der Waals surface area contributed by atoms with Gasteiger partial charge in [0.05, 0.1) is 13.2 Å². The van der Waals surface area contributed by atoms with Gasteiger partial charge in [-0.05, 0) is 75.0 Å². The maximum Gasteiger partial charge on any atom is 0.0614 e. The van der Waals surface area contributed by atoms with E-state index in [1.54, 1.807) is 0 Å². The van der Waals surface area contributed by atoms with E-state index in [0.29, 0.717) is 0 Å². The Morgan fingerprint density at radius 1 is 0.405 bits per heavy atom. The molecule has 0 amide bonds. The minimum absolute atomic E-state index is 0.191. The number of hydrogen-bond acceptors (Lipinski definition) is 2. The molecule has 0 spiro atoms. The van der Waals surface area contributed by atoms with Crippen LogP contribution in [0.25, 0.3) is 0 Å². The van der Waals surface area contributed by atoms with E-state index in [1.807, 2.05) is 12.2 Å². The van der Waals surface area contributed by atoms with Crippen LogP contribution < -0.4 is 0 Å². The first-order valence-electron chi connectivity index (χ1n) is 18.4. The van der Waals surface area contributed by atoms with Crippen LogP contribution in [-0.4, -0.2) is 23.4 Å². The molecule has 0 saturated heterocycles. The summed E-state index contributed by atoms with van der Waals surface area (Å²) >= 11 is 0. The van der Waals surface area contributed by atoms with E-state index in [0.717, 1.165) is 48.3 Å². The molecule has 0 aromatic rings. The number of aliphatic hydroxyl groups excluding tert-OH is 2. The first-order chi connectivity index (χ1) is 19.9. The summed E-state index contributed by atoms with van der Waals surface area (Å²) in [6.45, 7) is 23.6. The summed E-state index contributed by atoms with van der Waals surface area (Å²) in [6, 6.07) is 0. The lowest BCUT2D eigenvalue weighted by molar-refractivity contribution is 0.341. The van der Waals surface area contributed by atoms with Gasteiger partial charge in [0.1, 0.15) is 0 Å². The van der Waals surface area contributed by atoms with Crippen LogP contribution in [0.1, 0.15) is 185 Å². The summed E-state index contributed by atoms with van der Waals surface area (Å²) in [4.78, 5) is 0. The Bertz CT molecular complexity index is 563. The lowest BCUT2D eigenvalue weighted by Crippen LogP contribution is -2.00. The van der Waals surface area contributed by atoms with Crippen LogP contribution in [0, 0.1) is 35.5 Å². The van der Waals surface area contributed by atoms with Crippen LogP contribution in [0.4, 0.5) is 0 Å². The van der Waals surface area contributed by atoms with Gasteiger partial charge >= 0.3 is 0 Å². The third-order valence-corrected chi connectivity index (χ3v) is 9.16. The molecule has 0 fully saturated rings. The van der Waals surface area contributed by atoms with Gasteiger partial charge in [-0.15, -0.1) is 0 Å². The minimum atomic E-state index is 0.191.